The third-order valence-electron chi connectivity index (χ3n) is 2.55. The molecule has 1 aromatic rings. The molecule has 12 heavy (non-hydrogen) atoms. The smallest absolute Gasteiger partial charge is 0.0901 e. The van der Waals surface area contributed by atoms with Crippen molar-refractivity contribution in [1.29, 1.82) is 0 Å². The fourth-order valence-corrected chi connectivity index (χ4v) is 2.11. The predicted molar refractivity (Wildman–Crippen MR) is 53.2 cm³/mol. The molecular formula is C10H13NS. The van der Waals surface area contributed by atoms with Crippen LogP contribution in [0.5, 0.6) is 0 Å². The number of aryl methyl sites for hydroxylation is 1. The lowest BCUT2D eigenvalue weighted by Gasteiger charge is -2.26. The molecular weight excluding hydrogens is 166 g/mol. The average Bonchev–Trinajstić information content (AvgIpc) is 2.31. The molecule has 1 aliphatic carbocycles. The SMILES string of the molecule is C=C(c1csc(C)n1)C1CCC1. The highest BCUT2D eigenvalue weighted by Crippen LogP contribution is 2.37. The monoisotopic (exact) mass is 179 g/mol. The van der Waals surface area contributed by atoms with E-state index in [9.17, 15) is 0 Å². The minimum absolute atomic E-state index is 0.728. The van der Waals surface area contributed by atoms with E-state index in [1.54, 1.807) is 11.3 Å². The lowest BCUT2D eigenvalue weighted by atomic mass is 9.79. The van der Waals surface area contributed by atoms with Gasteiger partial charge in [0.2, 0.25) is 0 Å². The largest absolute Gasteiger partial charge is 0.242 e. The van der Waals surface area contributed by atoms with Gasteiger partial charge in [0.1, 0.15) is 0 Å². The molecule has 1 nitrogen and oxygen atoms in total. The fraction of sp³-hybridized carbons (Fsp3) is 0.500. The first-order valence-corrected chi connectivity index (χ1v) is 5.26. The summed E-state index contributed by atoms with van der Waals surface area (Å²) in [6.45, 7) is 6.15. The summed E-state index contributed by atoms with van der Waals surface area (Å²) in [6.07, 6.45) is 4.00. The molecule has 0 bridgehead atoms. The Morgan fingerprint density at radius 3 is 2.83 bits per heavy atom. The van der Waals surface area contributed by atoms with E-state index in [0.717, 1.165) is 16.6 Å². The summed E-state index contributed by atoms with van der Waals surface area (Å²) in [5.41, 5.74) is 2.38. The van der Waals surface area contributed by atoms with Gasteiger partial charge >= 0.3 is 0 Å². The van der Waals surface area contributed by atoms with Crippen molar-refractivity contribution in [3.8, 4) is 0 Å². The summed E-state index contributed by atoms with van der Waals surface area (Å²) in [5.74, 6) is 0.728. The maximum absolute atomic E-state index is 4.43. The van der Waals surface area contributed by atoms with Crippen LogP contribution in [0.4, 0.5) is 0 Å². The van der Waals surface area contributed by atoms with Crippen molar-refractivity contribution in [2.45, 2.75) is 26.2 Å². The van der Waals surface area contributed by atoms with Crippen LogP contribution < -0.4 is 0 Å². The number of hydrogen-bond acceptors (Lipinski definition) is 2. The van der Waals surface area contributed by atoms with Gasteiger partial charge in [0, 0.05) is 5.38 Å². The summed E-state index contributed by atoms with van der Waals surface area (Å²) in [7, 11) is 0. The van der Waals surface area contributed by atoms with Crippen LogP contribution in [0.25, 0.3) is 5.57 Å². The van der Waals surface area contributed by atoms with E-state index in [1.807, 2.05) is 6.92 Å². The Bertz CT molecular complexity index is 297. The van der Waals surface area contributed by atoms with Crippen LogP contribution in [-0.4, -0.2) is 4.98 Å². The van der Waals surface area contributed by atoms with E-state index in [0.29, 0.717) is 0 Å². The molecule has 1 heterocycles. The van der Waals surface area contributed by atoms with Crippen molar-refractivity contribution >= 4 is 16.9 Å². The second-order valence-electron chi connectivity index (χ2n) is 3.40. The van der Waals surface area contributed by atoms with Gasteiger partial charge in [-0.3, -0.25) is 0 Å². The summed E-state index contributed by atoms with van der Waals surface area (Å²) in [4.78, 5) is 4.43. The van der Waals surface area contributed by atoms with Crippen LogP contribution in [0.3, 0.4) is 0 Å². The highest BCUT2D eigenvalue weighted by molar-refractivity contribution is 7.09. The molecule has 1 aromatic heterocycles. The van der Waals surface area contributed by atoms with Gasteiger partial charge in [0.15, 0.2) is 0 Å². The number of rotatable bonds is 2. The van der Waals surface area contributed by atoms with Crippen LogP contribution in [-0.2, 0) is 0 Å². The number of hydrogen-bond donors (Lipinski definition) is 0. The van der Waals surface area contributed by atoms with Gasteiger partial charge < -0.3 is 0 Å². The zero-order chi connectivity index (χ0) is 8.55. The fourth-order valence-electron chi connectivity index (χ4n) is 1.48. The van der Waals surface area contributed by atoms with Gasteiger partial charge in [0.05, 0.1) is 10.7 Å². The summed E-state index contributed by atoms with van der Waals surface area (Å²) in [6, 6.07) is 0. The minimum Gasteiger partial charge on any atom is -0.242 e. The quantitative estimate of drug-likeness (QED) is 0.679. The lowest BCUT2D eigenvalue weighted by Crippen LogP contribution is -2.12. The molecule has 0 aromatic carbocycles. The maximum Gasteiger partial charge on any atom is 0.0901 e. The Morgan fingerprint density at radius 1 is 1.67 bits per heavy atom. The van der Waals surface area contributed by atoms with Gasteiger partial charge in [-0.15, -0.1) is 11.3 Å². The first kappa shape index (κ1) is 7.99. The molecule has 2 heteroatoms. The minimum atomic E-state index is 0.728. The molecule has 1 fully saturated rings. The highest BCUT2D eigenvalue weighted by atomic mass is 32.1. The van der Waals surface area contributed by atoms with Crippen LogP contribution >= 0.6 is 11.3 Å². The van der Waals surface area contributed by atoms with Crippen LogP contribution in [0.15, 0.2) is 12.0 Å². The van der Waals surface area contributed by atoms with Crippen molar-refractivity contribution in [3.63, 3.8) is 0 Å². The Balaban J connectivity index is 2.13. The van der Waals surface area contributed by atoms with Crippen molar-refractivity contribution in [3.05, 3.63) is 22.7 Å². The molecule has 0 atom stereocenters. The standard InChI is InChI=1S/C10H13NS/c1-7(9-4-3-5-9)10-6-12-8(2)11-10/h6,9H,1,3-5H2,2H3. The maximum atomic E-state index is 4.43. The molecule has 0 aliphatic heterocycles. The number of allylic oxidation sites excluding steroid dienone is 1. The third-order valence-corrected chi connectivity index (χ3v) is 3.32. The van der Waals surface area contributed by atoms with Gasteiger partial charge in [-0.2, -0.15) is 0 Å². The summed E-state index contributed by atoms with van der Waals surface area (Å²) in [5, 5.41) is 3.26. The van der Waals surface area contributed by atoms with Crippen molar-refractivity contribution in [2.24, 2.45) is 5.92 Å². The molecule has 0 radical (unpaired) electrons. The van der Waals surface area contributed by atoms with E-state index in [2.05, 4.69) is 16.9 Å². The van der Waals surface area contributed by atoms with Gasteiger partial charge in [0.25, 0.3) is 0 Å². The number of nitrogens with zero attached hydrogens (tertiary/aromatic N) is 1. The molecule has 0 saturated heterocycles. The number of aromatic nitrogens is 1. The zero-order valence-corrected chi connectivity index (χ0v) is 8.16. The van der Waals surface area contributed by atoms with Crippen LogP contribution in [0, 0.1) is 12.8 Å². The van der Waals surface area contributed by atoms with Gasteiger partial charge in [-0.1, -0.05) is 13.0 Å². The average molecular weight is 179 g/mol. The molecule has 1 aliphatic rings. The molecule has 0 spiro atoms. The van der Waals surface area contributed by atoms with Crippen LogP contribution in [0.1, 0.15) is 30.0 Å². The molecule has 1 saturated carbocycles. The highest BCUT2D eigenvalue weighted by Gasteiger charge is 2.22. The first-order chi connectivity index (χ1) is 5.77. The molecule has 64 valence electrons. The summed E-state index contributed by atoms with van der Waals surface area (Å²) >= 11 is 1.71. The van der Waals surface area contributed by atoms with E-state index in [-0.39, 0.29) is 0 Å². The number of thiazole rings is 1. The van der Waals surface area contributed by atoms with E-state index >= 15 is 0 Å². The zero-order valence-electron chi connectivity index (χ0n) is 7.34. The molecule has 0 amide bonds. The normalized spacial score (nSPS) is 17.4. The summed E-state index contributed by atoms with van der Waals surface area (Å²) < 4.78 is 0. The van der Waals surface area contributed by atoms with Crippen molar-refractivity contribution < 1.29 is 0 Å². The molecule has 2 rings (SSSR count). The Kier molecular flexibility index (Phi) is 2.01. The predicted octanol–water partition coefficient (Wildman–Crippen LogP) is 3.26. The van der Waals surface area contributed by atoms with Gasteiger partial charge in [-0.25, -0.2) is 4.98 Å². The Labute approximate surface area is 77.2 Å². The van der Waals surface area contributed by atoms with Crippen molar-refractivity contribution in [2.75, 3.05) is 0 Å². The second-order valence-corrected chi connectivity index (χ2v) is 4.47. The van der Waals surface area contributed by atoms with E-state index in [1.165, 1.54) is 24.8 Å². The Morgan fingerprint density at radius 2 is 2.42 bits per heavy atom. The van der Waals surface area contributed by atoms with Gasteiger partial charge in [-0.05, 0) is 31.3 Å². The topological polar surface area (TPSA) is 12.9 Å². The van der Waals surface area contributed by atoms with E-state index in [4.69, 9.17) is 0 Å². The first-order valence-electron chi connectivity index (χ1n) is 4.38. The van der Waals surface area contributed by atoms with Crippen LogP contribution in [0.2, 0.25) is 0 Å². The van der Waals surface area contributed by atoms with Crippen molar-refractivity contribution in [1.82, 2.24) is 4.98 Å². The lowest BCUT2D eigenvalue weighted by molar-refractivity contribution is 0.400. The Hall–Kier alpha value is -0.630. The molecule has 0 N–H and O–H groups in total. The second kappa shape index (κ2) is 3.02. The molecule has 0 unspecified atom stereocenters. The van der Waals surface area contributed by atoms with E-state index < -0.39 is 0 Å². The third kappa shape index (κ3) is 1.31.